The van der Waals surface area contributed by atoms with Gasteiger partial charge in [0.25, 0.3) is 0 Å². The Kier molecular flexibility index (Phi) is 7.10. The van der Waals surface area contributed by atoms with Gasteiger partial charge >= 0.3 is 0 Å². The second kappa shape index (κ2) is 10.0. The fraction of sp³-hybridized carbons (Fsp3) is 0.500. The number of carbonyl (C=O) groups excluding carboxylic acids is 1. The molecule has 1 amide bonds. The van der Waals surface area contributed by atoms with E-state index in [1.165, 1.54) is 10.7 Å². The van der Waals surface area contributed by atoms with Crippen LogP contribution in [-0.2, 0) is 14.8 Å². The summed E-state index contributed by atoms with van der Waals surface area (Å²) < 4.78 is 33.8. The molecule has 0 unspecified atom stereocenters. The van der Waals surface area contributed by atoms with E-state index in [4.69, 9.17) is 4.52 Å². The minimum atomic E-state index is -3.84. The summed E-state index contributed by atoms with van der Waals surface area (Å²) in [5.74, 6) is -0.146. The molecule has 8 heteroatoms. The third kappa shape index (κ3) is 5.13. The van der Waals surface area contributed by atoms with Crippen LogP contribution in [0.25, 0.3) is 12.2 Å². The lowest BCUT2D eigenvalue weighted by Gasteiger charge is -2.32. The summed E-state index contributed by atoms with van der Waals surface area (Å²) in [6.07, 6.45) is 10.3. The van der Waals surface area contributed by atoms with Gasteiger partial charge in [-0.05, 0) is 44.2 Å². The Morgan fingerprint density at radius 1 is 1.09 bits per heavy atom. The van der Waals surface area contributed by atoms with Crippen molar-refractivity contribution in [2.75, 3.05) is 13.1 Å². The number of rotatable bonds is 6. The molecule has 1 atom stereocenters. The van der Waals surface area contributed by atoms with Gasteiger partial charge in [-0.3, -0.25) is 4.79 Å². The van der Waals surface area contributed by atoms with E-state index in [1.54, 1.807) is 19.1 Å². The maximum absolute atomic E-state index is 13.5. The van der Waals surface area contributed by atoms with Gasteiger partial charge in [-0.15, -0.1) is 0 Å². The van der Waals surface area contributed by atoms with E-state index in [0.29, 0.717) is 25.1 Å². The number of sulfonamides is 1. The Bertz CT molecular complexity index is 1060. The molecule has 1 saturated carbocycles. The molecule has 2 aromatic rings. The summed E-state index contributed by atoms with van der Waals surface area (Å²) in [6.45, 7) is 2.21. The second-order valence-corrected chi connectivity index (χ2v) is 10.6. The molecule has 0 bridgehead atoms. The minimum absolute atomic E-state index is 0.0250. The highest BCUT2D eigenvalue weighted by Gasteiger charge is 2.37. The lowest BCUT2D eigenvalue weighted by atomic mass is 9.93. The highest BCUT2D eigenvalue weighted by Crippen LogP contribution is 2.29. The van der Waals surface area contributed by atoms with Gasteiger partial charge in [0.05, 0.1) is 5.92 Å². The average molecular weight is 458 g/mol. The summed E-state index contributed by atoms with van der Waals surface area (Å²) in [5.41, 5.74) is 1.26. The van der Waals surface area contributed by atoms with E-state index < -0.39 is 10.0 Å². The smallest absolute Gasteiger partial charge is 0.248 e. The van der Waals surface area contributed by atoms with Crippen LogP contribution in [0.15, 0.2) is 39.8 Å². The van der Waals surface area contributed by atoms with Crippen molar-refractivity contribution in [2.45, 2.75) is 62.8 Å². The van der Waals surface area contributed by atoms with Gasteiger partial charge in [0.2, 0.25) is 15.9 Å². The third-order valence-corrected chi connectivity index (χ3v) is 8.39. The summed E-state index contributed by atoms with van der Waals surface area (Å²) in [4.78, 5) is 12.9. The van der Waals surface area contributed by atoms with Gasteiger partial charge in [-0.2, -0.15) is 4.31 Å². The first-order valence-electron chi connectivity index (χ1n) is 11.4. The molecule has 2 heterocycles. The molecule has 4 rings (SSSR count). The molecule has 7 nitrogen and oxygen atoms in total. The van der Waals surface area contributed by atoms with Crippen LogP contribution in [0.2, 0.25) is 0 Å². The number of hydrogen-bond acceptors (Lipinski definition) is 5. The monoisotopic (exact) mass is 457 g/mol. The SMILES string of the molecule is Cc1noc(/C=C/c2ccccc2)c1S(=O)(=O)N1CCC[C@H](C(=O)NC2CCCCC2)C1. The molecule has 1 aliphatic heterocycles. The molecule has 2 fully saturated rings. The number of nitrogens with one attached hydrogen (secondary N) is 1. The van der Waals surface area contributed by atoms with Crippen molar-refractivity contribution in [3.8, 4) is 0 Å². The Labute approximate surface area is 189 Å². The van der Waals surface area contributed by atoms with Crippen LogP contribution in [0.5, 0.6) is 0 Å². The van der Waals surface area contributed by atoms with Crippen molar-refractivity contribution in [3.05, 3.63) is 47.3 Å². The number of hydrogen-bond donors (Lipinski definition) is 1. The van der Waals surface area contributed by atoms with E-state index >= 15 is 0 Å². The Morgan fingerprint density at radius 2 is 1.84 bits per heavy atom. The van der Waals surface area contributed by atoms with Crippen molar-refractivity contribution in [3.63, 3.8) is 0 Å². The van der Waals surface area contributed by atoms with E-state index in [-0.39, 0.29) is 35.1 Å². The van der Waals surface area contributed by atoms with Crippen LogP contribution >= 0.6 is 0 Å². The number of aryl methyl sites for hydroxylation is 1. The Hall–Kier alpha value is -2.45. The molecule has 0 radical (unpaired) electrons. The van der Waals surface area contributed by atoms with Gasteiger partial charge in [0.15, 0.2) is 10.7 Å². The molecule has 1 aliphatic carbocycles. The largest absolute Gasteiger partial charge is 0.355 e. The first-order chi connectivity index (χ1) is 15.4. The fourth-order valence-electron chi connectivity index (χ4n) is 4.60. The summed E-state index contributed by atoms with van der Waals surface area (Å²) in [5, 5.41) is 7.06. The van der Waals surface area contributed by atoms with Crippen molar-refractivity contribution >= 4 is 28.1 Å². The number of piperidine rings is 1. The summed E-state index contributed by atoms with van der Waals surface area (Å²) in [7, 11) is -3.84. The van der Waals surface area contributed by atoms with Gasteiger partial charge < -0.3 is 9.84 Å². The topological polar surface area (TPSA) is 92.5 Å². The first-order valence-corrected chi connectivity index (χ1v) is 12.9. The molecule has 1 aromatic heterocycles. The average Bonchev–Trinajstić information content (AvgIpc) is 3.20. The highest BCUT2D eigenvalue weighted by atomic mass is 32.2. The van der Waals surface area contributed by atoms with Gasteiger partial charge in [-0.1, -0.05) is 60.8 Å². The standard InChI is InChI=1S/C24H31N3O4S/c1-18-23(22(31-26-18)15-14-19-9-4-2-5-10-19)32(29,30)27-16-8-11-20(17-27)24(28)25-21-12-6-3-7-13-21/h2,4-5,9-10,14-15,20-21H,3,6-8,11-13,16-17H2,1H3,(H,25,28)/b15-14+/t20-/m0/s1. The maximum atomic E-state index is 13.5. The second-order valence-electron chi connectivity index (χ2n) is 8.75. The van der Waals surface area contributed by atoms with Crippen LogP contribution in [0.1, 0.15) is 62.0 Å². The third-order valence-electron chi connectivity index (χ3n) is 6.36. The molecule has 172 valence electrons. The molecule has 1 N–H and O–H groups in total. The van der Waals surface area contributed by atoms with E-state index in [9.17, 15) is 13.2 Å². The van der Waals surface area contributed by atoms with Crippen molar-refractivity contribution in [1.29, 1.82) is 0 Å². The number of carbonyl (C=O) groups is 1. The lowest BCUT2D eigenvalue weighted by molar-refractivity contribution is -0.127. The first kappa shape index (κ1) is 22.7. The van der Waals surface area contributed by atoms with Crippen molar-refractivity contribution < 1.29 is 17.7 Å². The van der Waals surface area contributed by atoms with Crippen LogP contribution in [0.4, 0.5) is 0 Å². The molecular weight excluding hydrogens is 426 g/mol. The lowest BCUT2D eigenvalue weighted by Crippen LogP contribution is -2.48. The van der Waals surface area contributed by atoms with E-state index in [0.717, 1.165) is 31.2 Å². The van der Waals surface area contributed by atoms with Crippen LogP contribution < -0.4 is 5.32 Å². The van der Waals surface area contributed by atoms with Crippen LogP contribution in [0, 0.1) is 12.8 Å². The molecule has 2 aliphatic rings. The highest BCUT2D eigenvalue weighted by molar-refractivity contribution is 7.89. The summed E-state index contributed by atoms with van der Waals surface area (Å²) in [6, 6.07) is 9.81. The molecule has 32 heavy (non-hydrogen) atoms. The molecule has 0 spiro atoms. The Morgan fingerprint density at radius 3 is 2.59 bits per heavy atom. The number of aromatic nitrogens is 1. The zero-order valence-corrected chi connectivity index (χ0v) is 19.3. The summed E-state index contributed by atoms with van der Waals surface area (Å²) >= 11 is 0. The quantitative estimate of drug-likeness (QED) is 0.708. The minimum Gasteiger partial charge on any atom is -0.355 e. The van der Waals surface area contributed by atoms with Gasteiger partial charge in [-0.25, -0.2) is 8.42 Å². The van der Waals surface area contributed by atoms with Crippen molar-refractivity contribution in [1.82, 2.24) is 14.8 Å². The fourth-order valence-corrected chi connectivity index (χ4v) is 6.38. The number of benzene rings is 1. The zero-order chi connectivity index (χ0) is 22.6. The van der Waals surface area contributed by atoms with Gasteiger partial charge in [0.1, 0.15) is 5.69 Å². The molecular formula is C24H31N3O4S. The predicted molar refractivity (Wildman–Crippen MR) is 123 cm³/mol. The number of nitrogens with zero attached hydrogens (tertiary/aromatic N) is 2. The van der Waals surface area contributed by atoms with E-state index in [1.807, 2.05) is 30.3 Å². The predicted octanol–water partition coefficient (Wildman–Crippen LogP) is 4.00. The van der Waals surface area contributed by atoms with Crippen LogP contribution in [-0.4, -0.2) is 42.9 Å². The number of amides is 1. The zero-order valence-electron chi connectivity index (χ0n) is 18.5. The molecule has 1 saturated heterocycles. The van der Waals surface area contributed by atoms with Crippen molar-refractivity contribution in [2.24, 2.45) is 5.92 Å². The van der Waals surface area contributed by atoms with Gasteiger partial charge in [0, 0.05) is 19.1 Å². The van der Waals surface area contributed by atoms with Crippen LogP contribution in [0.3, 0.4) is 0 Å². The molecule has 1 aromatic carbocycles. The maximum Gasteiger partial charge on any atom is 0.248 e. The van der Waals surface area contributed by atoms with E-state index in [2.05, 4.69) is 10.5 Å². The Balaban J connectivity index is 1.50. The normalized spacial score (nSPS) is 21.1.